The molecule has 9 heteroatoms. The van der Waals surface area contributed by atoms with Crippen LogP contribution in [0.3, 0.4) is 0 Å². The van der Waals surface area contributed by atoms with Crippen LogP contribution in [0, 0.1) is 10.1 Å². The molecular weight excluding hydrogens is 233 g/mol. The van der Waals surface area contributed by atoms with E-state index in [1.165, 1.54) is 0 Å². The van der Waals surface area contributed by atoms with Crippen molar-refractivity contribution in [1.29, 1.82) is 0 Å². The van der Waals surface area contributed by atoms with Crippen molar-refractivity contribution in [3.63, 3.8) is 0 Å². The molecule has 16 heavy (non-hydrogen) atoms. The summed E-state index contributed by atoms with van der Waals surface area (Å²) in [7, 11) is 0. The van der Waals surface area contributed by atoms with Crippen LogP contribution in [0.15, 0.2) is 12.3 Å². The smallest absolute Gasteiger partial charge is 0.425 e. The Morgan fingerprint density at radius 2 is 2.06 bits per heavy atom. The van der Waals surface area contributed by atoms with Crippen LogP contribution in [-0.2, 0) is 6.18 Å². The molecule has 1 aromatic rings. The Kier molecular flexibility index (Phi) is 2.79. The van der Waals surface area contributed by atoms with Gasteiger partial charge in [-0.15, -0.1) is 0 Å². The van der Waals surface area contributed by atoms with Crippen molar-refractivity contribution in [2.45, 2.75) is 6.18 Å². The van der Waals surface area contributed by atoms with Crippen molar-refractivity contribution < 1.29 is 28.0 Å². The minimum Gasteiger partial charge on any atom is -0.476 e. The minimum absolute atomic E-state index is 0.495. The lowest BCUT2D eigenvalue weighted by Gasteiger charge is -2.08. The van der Waals surface area contributed by atoms with Gasteiger partial charge in [0.2, 0.25) is 0 Å². The first-order chi connectivity index (χ1) is 7.25. The van der Waals surface area contributed by atoms with Crippen molar-refractivity contribution >= 4 is 11.7 Å². The molecule has 0 saturated carbocycles. The zero-order valence-corrected chi connectivity index (χ0v) is 7.35. The maximum Gasteiger partial charge on any atom is 0.425 e. The molecule has 0 spiro atoms. The monoisotopic (exact) mass is 236 g/mol. The van der Waals surface area contributed by atoms with E-state index in [9.17, 15) is 28.1 Å². The summed E-state index contributed by atoms with van der Waals surface area (Å²) in [6, 6.07) is 0.495. The first-order valence-corrected chi connectivity index (χ1v) is 3.69. The van der Waals surface area contributed by atoms with Crippen LogP contribution in [0.4, 0.5) is 18.9 Å². The predicted octanol–water partition coefficient (Wildman–Crippen LogP) is 1.71. The van der Waals surface area contributed by atoms with Gasteiger partial charge >= 0.3 is 12.1 Å². The summed E-state index contributed by atoms with van der Waals surface area (Å²) in [4.78, 5) is 22.4. The lowest BCUT2D eigenvalue weighted by molar-refractivity contribution is -0.388. The number of hydrogen-bond donors (Lipinski definition) is 1. The number of aromatic carboxylic acids is 1. The van der Waals surface area contributed by atoms with E-state index in [0.29, 0.717) is 12.3 Å². The molecule has 0 aromatic carbocycles. The number of carboxylic acid groups (broad SMARTS) is 1. The van der Waals surface area contributed by atoms with Crippen LogP contribution in [0.2, 0.25) is 0 Å². The second-order valence-electron chi connectivity index (χ2n) is 2.61. The number of nitro groups is 1. The highest BCUT2D eigenvalue weighted by atomic mass is 19.4. The number of halogens is 3. The lowest BCUT2D eigenvalue weighted by atomic mass is 10.1. The third-order valence-electron chi connectivity index (χ3n) is 1.61. The average molecular weight is 236 g/mol. The van der Waals surface area contributed by atoms with Gasteiger partial charge in [-0.05, 0) is 0 Å². The van der Waals surface area contributed by atoms with Crippen LogP contribution < -0.4 is 0 Å². The SMILES string of the molecule is O=C(O)c1nccc([N+](=O)[O-])c1C(F)(F)F. The third-order valence-corrected chi connectivity index (χ3v) is 1.61. The first kappa shape index (κ1) is 11.9. The van der Waals surface area contributed by atoms with Gasteiger partial charge < -0.3 is 5.11 Å². The fraction of sp³-hybridized carbons (Fsp3) is 0.143. The molecule has 0 amide bonds. The second-order valence-corrected chi connectivity index (χ2v) is 2.61. The minimum atomic E-state index is -5.15. The number of carboxylic acids is 1. The molecule has 0 unspecified atom stereocenters. The Hall–Kier alpha value is -2.19. The molecule has 6 nitrogen and oxygen atoms in total. The number of carbonyl (C=O) groups is 1. The van der Waals surface area contributed by atoms with Crippen LogP contribution in [0.1, 0.15) is 16.1 Å². The van der Waals surface area contributed by atoms with Gasteiger partial charge in [0.25, 0.3) is 5.69 Å². The van der Waals surface area contributed by atoms with E-state index in [1.54, 1.807) is 0 Å². The number of hydrogen-bond acceptors (Lipinski definition) is 4. The maximum atomic E-state index is 12.4. The number of nitrogens with zero attached hydrogens (tertiary/aromatic N) is 2. The Labute approximate surface area is 85.5 Å². The topological polar surface area (TPSA) is 93.3 Å². The Morgan fingerprint density at radius 3 is 2.44 bits per heavy atom. The molecular formula is C7H3F3N2O4. The maximum absolute atomic E-state index is 12.4. The highest BCUT2D eigenvalue weighted by Gasteiger charge is 2.43. The zero-order valence-electron chi connectivity index (χ0n) is 7.35. The van der Waals surface area contributed by atoms with Crippen molar-refractivity contribution in [1.82, 2.24) is 4.98 Å². The number of alkyl halides is 3. The van der Waals surface area contributed by atoms with E-state index in [-0.39, 0.29) is 0 Å². The fourth-order valence-electron chi connectivity index (χ4n) is 1.05. The molecule has 0 aliphatic rings. The molecule has 0 saturated heterocycles. The number of pyridine rings is 1. The van der Waals surface area contributed by atoms with Gasteiger partial charge in [-0.2, -0.15) is 13.2 Å². The first-order valence-electron chi connectivity index (χ1n) is 3.69. The van der Waals surface area contributed by atoms with Crippen LogP contribution in [-0.4, -0.2) is 21.0 Å². The van der Waals surface area contributed by atoms with Crippen molar-refractivity contribution in [3.05, 3.63) is 33.6 Å². The van der Waals surface area contributed by atoms with Gasteiger partial charge in [0.15, 0.2) is 11.3 Å². The molecule has 86 valence electrons. The van der Waals surface area contributed by atoms with Gasteiger partial charge in [0.05, 0.1) is 4.92 Å². The standard InChI is InChI=1S/C7H3F3N2O4/c8-7(9,10)4-3(12(15)16)1-2-11-5(4)6(13)14/h1-2H,(H,13,14). The largest absolute Gasteiger partial charge is 0.476 e. The van der Waals surface area contributed by atoms with Gasteiger partial charge in [-0.1, -0.05) is 0 Å². The molecule has 0 atom stereocenters. The van der Waals surface area contributed by atoms with Crippen LogP contribution in [0.25, 0.3) is 0 Å². The van der Waals surface area contributed by atoms with Gasteiger partial charge in [-0.3, -0.25) is 10.1 Å². The summed E-state index contributed by atoms with van der Waals surface area (Å²) in [5.74, 6) is -1.98. The summed E-state index contributed by atoms with van der Waals surface area (Å²) in [5, 5.41) is 18.8. The average Bonchev–Trinajstić information content (AvgIpc) is 2.15. The van der Waals surface area contributed by atoms with Crippen LogP contribution >= 0.6 is 0 Å². The molecule has 0 fully saturated rings. The summed E-state index contributed by atoms with van der Waals surface area (Å²) < 4.78 is 37.3. The van der Waals surface area contributed by atoms with Gasteiger partial charge in [0, 0.05) is 12.3 Å². The number of aromatic nitrogens is 1. The Bertz CT molecular complexity index is 425. The van der Waals surface area contributed by atoms with E-state index >= 15 is 0 Å². The van der Waals surface area contributed by atoms with Crippen molar-refractivity contribution in [2.24, 2.45) is 0 Å². The third kappa shape index (κ3) is 2.07. The summed E-state index contributed by atoms with van der Waals surface area (Å²) in [6.45, 7) is 0. The Morgan fingerprint density at radius 1 is 1.50 bits per heavy atom. The quantitative estimate of drug-likeness (QED) is 0.623. The molecule has 1 rings (SSSR count). The van der Waals surface area contributed by atoms with Crippen molar-refractivity contribution in [2.75, 3.05) is 0 Å². The highest BCUT2D eigenvalue weighted by Crippen LogP contribution is 2.37. The van der Waals surface area contributed by atoms with E-state index in [0.717, 1.165) is 0 Å². The normalized spacial score (nSPS) is 11.2. The van der Waals surface area contributed by atoms with Gasteiger partial charge in [-0.25, -0.2) is 9.78 Å². The van der Waals surface area contributed by atoms with Crippen LogP contribution in [0.5, 0.6) is 0 Å². The summed E-state index contributed by atoms with van der Waals surface area (Å²) in [5.41, 5.74) is -4.57. The second kappa shape index (κ2) is 3.76. The molecule has 0 radical (unpaired) electrons. The van der Waals surface area contributed by atoms with E-state index in [2.05, 4.69) is 4.98 Å². The molecule has 0 aliphatic carbocycles. The number of rotatable bonds is 2. The molecule has 1 N–H and O–H groups in total. The van der Waals surface area contributed by atoms with E-state index in [4.69, 9.17) is 5.11 Å². The lowest BCUT2D eigenvalue weighted by Crippen LogP contribution is -2.17. The summed E-state index contributed by atoms with van der Waals surface area (Å²) >= 11 is 0. The molecule has 1 heterocycles. The summed E-state index contributed by atoms with van der Waals surface area (Å²) in [6.07, 6.45) is -4.51. The highest BCUT2D eigenvalue weighted by molar-refractivity contribution is 5.88. The Balaban J connectivity index is 3.60. The van der Waals surface area contributed by atoms with Gasteiger partial charge in [0.1, 0.15) is 0 Å². The zero-order chi connectivity index (χ0) is 12.5. The van der Waals surface area contributed by atoms with E-state index in [1.807, 2.05) is 0 Å². The van der Waals surface area contributed by atoms with Crippen molar-refractivity contribution in [3.8, 4) is 0 Å². The van der Waals surface area contributed by atoms with E-state index < -0.39 is 34.0 Å². The molecule has 0 aliphatic heterocycles. The molecule has 0 bridgehead atoms. The predicted molar refractivity (Wildman–Crippen MR) is 42.9 cm³/mol. The molecule has 1 aromatic heterocycles. The fourth-order valence-corrected chi connectivity index (χ4v) is 1.05.